The van der Waals surface area contributed by atoms with Gasteiger partial charge in [0.05, 0.1) is 12.8 Å². The van der Waals surface area contributed by atoms with Gasteiger partial charge in [-0.25, -0.2) is 4.98 Å². The van der Waals surface area contributed by atoms with Gasteiger partial charge in [-0.1, -0.05) is 54.6 Å². The van der Waals surface area contributed by atoms with Gasteiger partial charge in [0.25, 0.3) is 5.91 Å². The quantitative estimate of drug-likeness (QED) is 0.386. The van der Waals surface area contributed by atoms with E-state index in [9.17, 15) is 4.79 Å². The van der Waals surface area contributed by atoms with Crippen LogP contribution in [0.25, 0.3) is 21.8 Å². The number of hydrogen-bond donors (Lipinski definition) is 1. The molecule has 1 N–H and O–H groups in total. The largest absolute Gasteiger partial charge is 0.497 e. The summed E-state index contributed by atoms with van der Waals surface area (Å²) in [5.41, 5.74) is 4.16. The highest BCUT2D eigenvalue weighted by molar-refractivity contribution is 7.13. The lowest BCUT2D eigenvalue weighted by Gasteiger charge is -2.15. The smallest absolute Gasteiger partial charge is 0.261 e. The third kappa shape index (κ3) is 5.34. The number of carbonyl (C=O) groups is 1. The van der Waals surface area contributed by atoms with Crippen LogP contribution in [0, 0.1) is 0 Å². The maximum atomic E-state index is 12.4. The van der Waals surface area contributed by atoms with Crippen molar-refractivity contribution in [2.75, 3.05) is 7.11 Å². The Balaban J connectivity index is 1.31. The molecule has 4 aromatic rings. The van der Waals surface area contributed by atoms with Gasteiger partial charge in [0.1, 0.15) is 16.5 Å². The Hall–Kier alpha value is -3.64. The fourth-order valence-corrected chi connectivity index (χ4v) is 3.99. The number of methoxy groups -OCH3 is 1. The van der Waals surface area contributed by atoms with Crippen LogP contribution in [0.15, 0.2) is 84.2 Å². The second-order valence-corrected chi connectivity index (χ2v) is 8.11. The third-order valence-electron chi connectivity index (χ3n) is 4.98. The van der Waals surface area contributed by atoms with Crippen molar-refractivity contribution in [3.05, 3.63) is 89.8 Å². The number of nitrogens with one attached hydrogen (secondary N) is 1. The summed E-state index contributed by atoms with van der Waals surface area (Å²) >= 11 is 1.62. The zero-order valence-corrected chi connectivity index (χ0v) is 18.8. The van der Waals surface area contributed by atoms with Gasteiger partial charge in [0.2, 0.25) is 0 Å². The number of amides is 1. The van der Waals surface area contributed by atoms with Gasteiger partial charge in [-0.3, -0.25) is 4.79 Å². The molecule has 1 amide bonds. The van der Waals surface area contributed by atoms with Crippen molar-refractivity contribution < 1.29 is 14.3 Å². The molecule has 0 aliphatic rings. The monoisotopic (exact) mass is 444 g/mol. The van der Waals surface area contributed by atoms with Gasteiger partial charge in [-0.15, -0.1) is 11.3 Å². The summed E-state index contributed by atoms with van der Waals surface area (Å²) in [4.78, 5) is 17.2. The van der Waals surface area contributed by atoms with Crippen LogP contribution >= 0.6 is 11.3 Å². The summed E-state index contributed by atoms with van der Waals surface area (Å²) in [6, 6.07) is 25.4. The van der Waals surface area contributed by atoms with Crippen molar-refractivity contribution in [1.82, 2.24) is 10.3 Å². The van der Waals surface area contributed by atoms with E-state index in [1.54, 1.807) is 49.6 Å². The van der Waals surface area contributed by atoms with Crippen LogP contribution in [0.2, 0.25) is 0 Å². The number of carbonyl (C=O) groups excluding carboxylic acids is 1. The first kappa shape index (κ1) is 21.6. The van der Waals surface area contributed by atoms with E-state index in [1.165, 1.54) is 0 Å². The number of ether oxygens (including phenoxy) is 2. The predicted octanol–water partition coefficient (Wildman–Crippen LogP) is 5.57. The molecule has 0 saturated heterocycles. The maximum absolute atomic E-state index is 12.4. The van der Waals surface area contributed by atoms with E-state index in [0.29, 0.717) is 12.3 Å². The van der Waals surface area contributed by atoms with Crippen LogP contribution in [-0.4, -0.2) is 24.1 Å². The standard InChI is InChI=1S/C26H24N2O3S/c1-18(31-23-14-12-22(30-2)13-15-23)25(29)27-16-19-8-10-21(11-9-19)26-28-24(17-32-26)20-6-4-3-5-7-20/h3-15,17-18H,16H2,1-2H3,(H,27,29). The van der Waals surface area contributed by atoms with Crippen LogP contribution in [0.5, 0.6) is 11.5 Å². The first-order valence-electron chi connectivity index (χ1n) is 10.3. The number of hydrogen-bond acceptors (Lipinski definition) is 5. The zero-order valence-electron chi connectivity index (χ0n) is 17.9. The molecule has 0 bridgehead atoms. The van der Waals surface area contributed by atoms with E-state index in [2.05, 4.69) is 22.8 Å². The molecule has 4 rings (SSSR count). The maximum Gasteiger partial charge on any atom is 0.261 e. The fraction of sp³-hybridized carbons (Fsp3) is 0.154. The number of rotatable bonds is 8. The van der Waals surface area contributed by atoms with Crippen molar-refractivity contribution in [2.45, 2.75) is 19.6 Å². The summed E-state index contributed by atoms with van der Waals surface area (Å²) in [7, 11) is 1.61. The highest BCUT2D eigenvalue weighted by Crippen LogP contribution is 2.29. The summed E-state index contributed by atoms with van der Waals surface area (Å²) in [5, 5.41) is 5.97. The van der Waals surface area contributed by atoms with E-state index in [-0.39, 0.29) is 5.91 Å². The molecule has 0 aliphatic carbocycles. The highest BCUT2D eigenvalue weighted by atomic mass is 32.1. The van der Waals surface area contributed by atoms with E-state index >= 15 is 0 Å². The zero-order chi connectivity index (χ0) is 22.3. The third-order valence-corrected chi connectivity index (χ3v) is 5.87. The van der Waals surface area contributed by atoms with Gasteiger partial charge in [-0.05, 0) is 36.8 Å². The van der Waals surface area contributed by atoms with Crippen molar-refractivity contribution >= 4 is 17.2 Å². The molecular formula is C26H24N2O3S. The minimum Gasteiger partial charge on any atom is -0.497 e. The Morgan fingerprint density at radius 1 is 0.938 bits per heavy atom. The summed E-state index contributed by atoms with van der Waals surface area (Å²) in [6.07, 6.45) is -0.602. The Bertz CT molecular complexity index is 1160. The molecule has 1 heterocycles. The molecule has 0 aliphatic heterocycles. The molecular weight excluding hydrogens is 420 g/mol. The number of thiazole rings is 1. The normalized spacial score (nSPS) is 11.6. The van der Waals surface area contributed by atoms with Crippen LogP contribution in [0.1, 0.15) is 12.5 Å². The van der Waals surface area contributed by atoms with E-state index in [0.717, 1.165) is 33.1 Å². The van der Waals surface area contributed by atoms with E-state index < -0.39 is 6.10 Å². The molecule has 0 saturated carbocycles. The molecule has 0 fully saturated rings. The molecule has 32 heavy (non-hydrogen) atoms. The minimum absolute atomic E-state index is 0.169. The molecule has 1 atom stereocenters. The van der Waals surface area contributed by atoms with Crippen LogP contribution in [0.3, 0.4) is 0 Å². The van der Waals surface area contributed by atoms with Crippen LogP contribution in [0.4, 0.5) is 0 Å². The molecule has 5 nitrogen and oxygen atoms in total. The average molecular weight is 445 g/mol. The predicted molar refractivity (Wildman–Crippen MR) is 128 cm³/mol. The van der Waals surface area contributed by atoms with Crippen molar-refractivity contribution in [3.63, 3.8) is 0 Å². The van der Waals surface area contributed by atoms with Gasteiger partial charge in [0.15, 0.2) is 6.10 Å². The summed E-state index contributed by atoms with van der Waals surface area (Å²) in [6.45, 7) is 2.16. The number of nitrogens with zero attached hydrogens (tertiary/aromatic N) is 1. The molecule has 1 unspecified atom stereocenters. The average Bonchev–Trinajstić information content (AvgIpc) is 3.34. The SMILES string of the molecule is COc1ccc(OC(C)C(=O)NCc2ccc(-c3nc(-c4ccccc4)cs3)cc2)cc1. The van der Waals surface area contributed by atoms with E-state index in [4.69, 9.17) is 14.5 Å². The lowest BCUT2D eigenvalue weighted by atomic mass is 10.1. The minimum atomic E-state index is -0.602. The van der Waals surface area contributed by atoms with Crippen LogP contribution in [-0.2, 0) is 11.3 Å². The van der Waals surface area contributed by atoms with Gasteiger partial charge in [-0.2, -0.15) is 0 Å². The first-order valence-corrected chi connectivity index (χ1v) is 11.2. The van der Waals surface area contributed by atoms with Gasteiger partial charge in [0, 0.05) is 23.1 Å². The Morgan fingerprint density at radius 2 is 1.62 bits per heavy atom. The lowest BCUT2D eigenvalue weighted by Crippen LogP contribution is -2.35. The van der Waals surface area contributed by atoms with Crippen molar-refractivity contribution in [3.8, 4) is 33.3 Å². The second-order valence-electron chi connectivity index (χ2n) is 7.25. The van der Waals surface area contributed by atoms with Gasteiger partial charge < -0.3 is 14.8 Å². The Kier molecular flexibility index (Phi) is 6.82. The van der Waals surface area contributed by atoms with Crippen molar-refractivity contribution in [1.29, 1.82) is 0 Å². The fourth-order valence-electron chi connectivity index (χ4n) is 3.16. The lowest BCUT2D eigenvalue weighted by molar-refractivity contribution is -0.127. The molecule has 162 valence electrons. The van der Waals surface area contributed by atoms with Crippen LogP contribution < -0.4 is 14.8 Å². The van der Waals surface area contributed by atoms with Crippen molar-refractivity contribution in [2.24, 2.45) is 0 Å². The summed E-state index contributed by atoms with van der Waals surface area (Å²) < 4.78 is 10.8. The Labute approximate surface area is 191 Å². The second kappa shape index (κ2) is 10.1. The molecule has 0 spiro atoms. The van der Waals surface area contributed by atoms with Gasteiger partial charge >= 0.3 is 0 Å². The topological polar surface area (TPSA) is 60.5 Å². The van der Waals surface area contributed by atoms with E-state index in [1.807, 2.05) is 42.5 Å². The highest BCUT2D eigenvalue weighted by Gasteiger charge is 2.14. The number of aromatic nitrogens is 1. The summed E-state index contributed by atoms with van der Waals surface area (Å²) in [5.74, 6) is 1.19. The molecule has 6 heteroatoms. The molecule has 0 radical (unpaired) electrons. The Morgan fingerprint density at radius 3 is 2.31 bits per heavy atom. The molecule has 3 aromatic carbocycles. The first-order chi connectivity index (χ1) is 15.6. The molecule has 1 aromatic heterocycles. The number of benzene rings is 3.